The standard InChI is InChI=1S/C26H27N3O3/c1-18-5-3-4-6-23(18)24-17-25(19-9-13-22(32-2)14-10-19)29(28-24)21-11-7-20(8-12-21)26(31)27-15-16-30/h3-14,25,30H,15-17H2,1-2H3,(H,27,31). The summed E-state index contributed by atoms with van der Waals surface area (Å²) >= 11 is 0. The van der Waals surface area contributed by atoms with Gasteiger partial charge >= 0.3 is 0 Å². The van der Waals surface area contributed by atoms with Crippen molar-refractivity contribution in [3.05, 3.63) is 95.1 Å². The van der Waals surface area contributed by atoms with Crippen molar-refractivity contribution in [2.45, 2.75) is 19.4 Å². The van der Waals surface area contributed by atoms with Gasteiger partial charge in [-0.1, -0.05) is 36.4 Å². The largest absolute Gasteiger partial charge is 0.497 e. The van der Waals surface area contributed by atoms with E-state index in [-0.39, 0.29) is 25.1 Å². The van der Waals surface area contributed by atoms with Gasteiger partial charge in [0.1, 0.15) is 5.75 Å². The minimum absolute atomic E-state index is 0.0320. The molecule has 4 rings (SSSR count). The summed E-state index contributed by atoms with van der Waals surface area (Å²) in [7, 11) is 1.66. The number of hydrazone groups is 1. The van der Waals surface area contributed by atoms with Crippen LogP contribution >= 0.6 is 0 Å². The molecule has 6 nitrogen and oxygen atoms in total. The number of carbonyl (C=O) groups is 1. The first-order chi connectivity index (χ1) is 15.6. The molecule has 1 heterocycles. The van der Waals surface area contributed by atoms with Crippen LogP contribution in [-0.2, 0) is 0 Å². The average Bonchev–Trinajstić information content (AvgIpc) is 3.28. The summed E-state index contributed by atoms with van der Waals surface area (Å²) in [5.41, 5.74) is 5.97. The number of nitrogens with zero attached hydrogens (tertiary/aromatic N) is 2. The van der Waals surface area contributed by atoms with E-state index in [1.807, 2.05) is 41.4 Å². The summed E-state index contributed by atoms with van der Waals surface area (Å²) in [6.45, 7) is 2.25. The van der Waals surface area contributed by atoms with Gasteiger partial charge in [0.05, 0.1) is 31.2 Å². The van der Waals surface area contributed by atoms with Crippen molar-refractivity contribution in [2.75, 3.05) is 25.3 Å². The molecule has 0 spiro atoms. The van der Waals surface area contributed by atoms with Crippen molar-refractivity contribution in [3.8, 4) is 5.75 Å². The van der Waals surface area contributed by atoms with Crippen LogP contribution in [0.2, 0.25) is 0 Å². The maximum atomic E-state index is 12.2. The van der Waals surface area contributed by atoms with Crippen LogP contribution in [-0.4, -0.2) is 37.0 Å². The smallest absolute Gasteiger partial charge is 0.251 e. The van der Waals surface area contributed by atoms with Gasteiger partial charge in [0.25, 0.3) is 5.91 Å². The molecule has 3 aromatic rings. The molecule has 1 aliphatic rings. The summed E-state index contributed by atoms with van der Waals surface area (Å²) in [5.74, 6) is 0.611. The lowest BCUT2D eigenvalue weighted by atomic mass is 9.96. The number of hydrogen-bond donors (Lipinski definition) is 2. The van der Waals surface area contributed by atoms with E-state index in [1.165, 1.54) is 5.56 Å². The van der Waals surface area contributed by atoms with E-state index in [0.717, 1.165) is 34.7 Å². The number of aliphatic hydroxyl groups excluding tert-OH is 1. The van der Waals surface area contributed by atoms with Crippen molar-refractivity contribution in [3.63, 3.8) is 0 Å². The molecular formula is C26H27N3O3. The zero-order chi connectivity index (χ0) is 22.5. The fraction of sp³-hybridized carbons (Fsp3) is 0.231. The topological polar surface area (TPSA) is 74.2 Å². The van der Waals surface area contributed by atoms with Gasteiger partial charge in [-0.15, -0.1) is 0 Å². The van der Waals surface area contributed by atoms with Gasteiger partial charge in [-0.05, 0) is 54.4 Å². The number of amides is 1. The molecule has 1 amide bonds. The second-order valence-electron chi connectivity index (χ2n) is 7.73. The Morgan fingerprint density at radius 3 is 2.47 bits per heavy atom. The number of rotatable bonds is 7. The number of aryl methyl sites for hydroxylation is 1. The molecule has 3 aromatic carbocycles. The minimum Gasteiger partial charge on any atom is -0.497 e. The Balaban J connectivity index is 1.67. The normalized spacial score (nSPS) is 15.4. The number of anilines is 1. The maximum absolute atomic E-state index is 12.2. The second kappa shape index (κ2) is 9.66. The molecule has 6 heteroatoms. The molecule has 0 aliphatic carbocycles. The lowest BCUT2D eigenvalue weighted by molar-refractivity contribution is 0.0945. The van der Waals surface area contributed by atoms with E-state index in [9.17, 15) is 4.79 Å². The predicted molar refractivity (Wildman–Crippen MR) is 126 cm³/mol. The van der Waals surface area contributed by atoms with Gasteiger partial charge in [0.2, 0.25) is 0 Å². The highest BCUT2D eigenvalue weighted by Gasteiger charge is 2.30. The van der Waals surface area contributed by atoms with Crippen LogP contribution in [0, 0.1) is 6.92 Å². The summed E-state index contributed by atoms with van der Waals surface area (Å²) in [6, 6.07) is 23.8. The molecule has 2 N–H and O–H groups in total. The van der Waals surface area contributed by atoms with Gasteiger partial charge in [0, 0.05) is 24.1 Å². The van der Waals surface area contributed by atoms with E-state index in [1.54, 1.807) is 19.2 Å². The van der Waals surface area contributed by atoms with Gasteiger partial charge in [0.15, 0.2) is 0 Å². The van der Waals surface area contributed by atoms with Crippen LogP contribution in [0.1, 0.15) is 39.5 Å². The summed E-state index contributed by atoms with van der Waals surface area (Å²) < 4.78 is 5.32. The Hall–Kier alpha value is -3.64. The van der Waals surface area contributed by atoms with Crippen LogP contribution in [0.25, 0.3) is 0 Å². The Bertz CT molecular complexity index is 1110. The van der Waals surface area contributed by atoms with E-state index in [0.29, 0.717) is 5.56 Å². The monoisotopic (exact) mass is 429 g/mol. The Kier molecular flexibility index (Phi) is 6.52. The Labute approximate surface area is 188 Å². The fourth-order valence-corrected chi connectivity index (χ4v) is 3.93. The zero-order valence-electron chi connectivity index (χ0n) is 18.3. The Morgan fingerprint density at radius 1 is 1.09 bits per heavy atom. The quantitative estimate of drug-likeness (QED) is 0.594. The molecule has 0 fully saturated rings. The van der Waals surface area contributed by atoms with Crippen molar-refractivity contribution >= 4 is 17.3 Å². The summed E-state index contributed by atoms with van der Waals surface area (Å²) in [4.78, 5) is 12.2. The highest BCUT2D eigenvalue weighted by Crippen LogP contribution is 2.37. The second-order valence-corrected chi connectivity index (χ2v) is 7.73. The van der Waals surface area contributed by atoms with Crippen molar-refractivity contribution in [1.82, 2.24) is 5.32 Å². The maximum Gasteiger partial charge on any atom is 0.251 e. The third-order valence-electron chi connectivity index (χ3n) is 5.66. The molecule has 0 saturated carbocycles. The zero-order valence-corrected chi connectivity index (χ0v) is 18.3. The molecule has 0 bridgehead atoms. The molecule has 32 heavy (non-hydrogen) atoms. The molecule has 1 aliphatic heterocycles. The lowest BCUT2D eigenvalue weighted by Gasteiger charge is -2.24. The van der Waals surface area contributed by atoms with Crippen molar-refractivity contribution < 1.29 is 14.6 Å². The van der Waals surface area contributed by atoms with E-state index >= 15 is 0 Å². The van der Waals surface area contributed by atoms with Crippen molar-refractivity contribution in [2.24, 2.45) is 5.10 Å². The molecule has 1 atom stereocenters. The molecule has 0 aromatic heterocycles. The summed E-state index contributed by atoms with van der Waals surface area (Å²) in [5, 5.41) is 18.6. The van der Waals surface area contributed by atoms with E-state index in [2.05, 4.69) is 36.5 Å². The van der Waals surface area contributed by atoms with Gasteiger partial charge < -0.3 is 15.2 Å². The van der Waals surface area contributed by atoms with Gasteiger partial charge in [-0.2, -0.15) is 5.10 Å². The first-order valence-electron chi connectivity index (χ1n) is 10.7. The van der Waals surface area contributed by atoms with Gasteiger partial charge in [-0.25, -0.2) is 0 Å². The number of methoxy groups -OCH3 is 1. The van der Waals surface area contributed by atoms with Crippen molar-refractivity contribution in [1.29, 1.82) is 0 Å². The molecule has 164 valence electrons. The van der Waals surface area contributed by atoms with Gasteiger partial charge in [-0.3, -0.25) is 9.80 Å². The summed E-state index contributed by atoms with van der Waals surface area (Å²) in [6.07, 6.45) is 0.774. The molecule has 1 unspecified atom stereocenters. The number of aliphatic hydroxyl groups is 1. The molecule has 0 saturated heterocycles. The van der Waals surface area contributed by atoms with Crippen LogP contribution in [0.5, 0.6) is 5.75 Å². The highest BCUT2D eigenvalue weighted by molar-refractivity contribution is 6.04. The number of benzene rings is 3. The molecular weight excluding hydrogens is 402 g/mol. The first-order valence-corrected chi connectivity index (χ1v) is 10.7. The SMILES string of the molecule is COc1ccc(C2CC(c3ccccc3C)=NN2c2ccc(C(=O)NCCO)cc2)cc1. The Morgan fingerprint density at radius 2 is 1.81 bits per heavy atom. The number of nitrogens with one attached hydrogen (secondary N) is 1. The number of carbonyl (C=O) groups excluding carboxylic acids is 1. The first kappa shape index (κ1) is 21.6. The lowest BCUT2D eigenvalue weighted by Crippen LogP contribution is -2.26. The van der Waals surface area contributed by atoms with Crippen LogP contribution in [0.4, 0.5) is 5.69 Å². The highest BCUT2D eigenvalue weighted by atomic mass is 16.5. The number of ether oxygens (including phenoxy) is 1. The molecule has 0 radical (unpaired) electrons. The minimum atomic E-state index is -0.206. The van der Waals surface area contributed by atoms with E-state index < -0.39 is 0 Å². The van der Waals surface area contributed by atoms with Crippen LogP contribution in [0.15, 0.2) is 77.9 Å². The number of hydrogen-bond acceptors (Lipinski definition) is 5. The average molecular weight is 430 g/mol. The third-order valence-corrected chi connectivity index (χ3v) is 5.66. The third kappa shape index (κ3) is 4.50. The van der Waals surface area contributed by atoms with E-state index in [4.69, 9.17) is 14.9 Å². The fourth-order valence-electron chi connectivity index (χ4n) is 3.93. The van der Waals surface area contributed by atoms with Crippen LogP contribution < -0.4 is 15.1 Å². The predicted octanol–water partition coefficient (Wildman–Crippen LogP) is 4.08. The van der Waals surface area contributed by atoms with Crippen LogP contribution in [0.3, 0.4) is 0 Å².